The van der Waals surface area contributed by atoms with Gasteiger partial charge in [0.15, 0.2) is 5.78 Å². The molecule has 0 N–H and O–H groups in total. The summed E-state index contributed by atoms with van der Waals surface area (Å²) < 4.78 is 0. The molecule has 96 valence electrons. The molecule has 1 heterocycles. The minimum absolute atomic E-state index is 0.293. The second-order valence-corrected chi connectivity index (χ2v) is 5.87. The van der Waals surface area contributed by atoms with Crippen LogP contribution in [0.1, 0.15) is 35.6 Å². The van der Waals surface area contributed by atoms with E-state index in [0.29, 0.717) is 18.1 Å². The number of Topliss-reactive ketones (excluding diaryl/α,β-unsaturated/α-hetero) is 1. The number of allylic oxidation sites excluding steroid dienone is 1. The van der Waals surface area contributed by atoms with Crippen molar-refractivity contribution in [3.8, 4) is 0 Å². The van der Waals surface area contributed by atoms with Crippen LogP contribution in [-0.2, 0) is 4.79 Å². The van der Waals surface area contributed by atoms with Crippen LogP contribution in [0.2, 0.25) is 0 Å². The Balaban J connectivity index is 1.99. The van der Waals surface area contributed by atoms with E-state index < -0.39 is 0 Å². The smallest absolute Gasteiger partial charge is 0.159 e. The summed E-state index contributed by atoms with van der Waals surface area (Å²) in [6.45, 7) is 0. The second kappa shape index (κ2) is 5.54. The zero-order chi connectivity index (χ0) is 13.1. The topological polar surface area (TPSA) is 17.1 Å². The lowest BCUT2D eigenvalue weighted by atomic mass is 9.81. The zero-order valence-electron chi connectivity index (χ0n) is 10.7. The quantitative estimate of drug-likeness (QED) is 0.723. The van der Waals surface area contributed by atoms with Gasteiger partial charge in [-0.1, -0.05) is 36.4 Å². The fourth-order valence-electron chi connectivity index (χ4n) is 2.66. The Morgan fingerprint density at radius 2 is 1.95 bits per heavy atom. The molecule has 1 fully saturated rings. The van der Waals surface area contributed by atoms with Gasteiger partial charge in [-0.15, -0.1) is 11.3 Å². The summed E-state index contributed by atoms with van der Waals surface area (Å²) in [6, 6.07) is 14.4. The molecule has 0 saturated heterocycles. The molecule has 1 atom stereocenters. The molecule has 1 aromatic carbocycles. The van der Waals surface area contributed by atoms with Crippen LogP contribution >= 0.6 is 11.3 Å². The highest BCUT2D eigenvalue weighted by atomic mass is 32.1. The average Bonchev–Trinajstić information content (AvgIpc) is 2.96. The van der Waals surface area contributed by atoms with Gasteiger partial charge < -0.3 is 0 Å². The summed E-state index contributed by atoms with van der Waals surface area (Å²) in [5.41, 5.74) is 2.11. The predicted molar refractivity (Wildman–Crippen MR) is 80.3 cm³/mol. The van der Waals surface area contributed by atoms with Crippen molar-refractivity contribution >= 4 is 23.2 Å². The van der Waals surface area contributed by atoms with Crippen LogP contribution in [0, 0.1) is 0 Å². The van der Waals surface area contributed by atoms with Crippen LogP contribution in [0.15, 0.2) is 53.4 Å². The monoisotopic (exact) mass is 268 g/mol. The molecule has 0 spiro atoms. The van der Waals surface area contributed by atoms with Crippen LogP contribution < -0.4 is 0 Å². The Morgan fingerprint density at radius 1 is 1.11 bits per heavy atom. The third-order valence-corrected chi connectivity index (χ3v) is 4.59. The van der Waals surface area contributed by atoms with Gasteiger partial charge in [0.25, 0.3) is 0 Å². The number of rotatable bonds is 2. The first-order valence-corrected chi connectivity index (χ1v) is 7.56. The molecular formula is C17H16OS. The fourth-order valence-corrected chi connectivity index (χ4v) is 3.54. The van der Waals surface area contributed by atoms with E-state index in [0.717, 1.165) is 24.0 Å². The molecule has 2 aromatic rings. The Hall–Kier alpha value is -1.67. The van der Waals surface area contributed by atoms with E-state index in [-0.39, 0.29) is 0 Å². The molecule has 1 nitrogen and oxygen atoms in total. The second-order valence-electron chi connectivity index (χ2n) is 4.89. The highest BCUT2D eigenvalue weighted by Crippen LogP contribution is 2.38. The van der Waals surface area contributed by atoms with E-state index in [1.165, 1.54) is 4.88 Å². The summed E-state index contributed by atoms with van der Waals surface area (Å²) in [4.78, 5) is 13.6. The van der Waals surface area contributed by atoms with Crippen molar-refractivity contribution in [2.75, 3.05) is 0 Å². The van der Waals surface area contributed by atoms with Gasteiger partial charge in [-0.05, 0) is 35.9 Å². The third kappa shape index (κ3) is 2.69. The average molecular weight is 268 g/mol. The molecule has 19 heavy (non-hydrogen) atoms. The van der Waals surface area contributed by atoms with E-state index in [9.17, 15) is 4.79 Å². The maximum Gasteiger partial charge on any atom is 0.159 e. The van der Waals surface area contributed by atoms with Crippen LogP contribution in [0.5, 0.6) is 0 Å². The predicted octanol–water partition coefficient (Wildman–Crippen LogP) is 4.67. The summed E-state index contributed by atoms with van der Waals surface area (Å²) in [7, 11) is 0. The zero-order valence-corrected chi connectivity index (χ0v) is 11.5. The maximum atomic E-state index is 12.2. The van der Waals surface area contributed by atoms with Gasteiger partial charge in [0, 0.05) is 22.8 Å². The number of hydrogen-bond donors (Lipinski definition) is 0. The molecule has 1 saturated carbocycles. The normalized spacial score (nSPS) is 21.8. The molecule has 0 aliphatic heterocycles. The Morgan fingerprint density at radius 3 is 2.68 bits per heavy atom. The van der Waals surface area contributed by atoms with Crippen molar-refractivity contribution in [3.05, 3.63) is 63.9 Å². The number of carbonyl (C=O) groups is 1. The summed E-state index contributed by atoms with van der Waals surface area (Å²) in [5.74, 6) is 0.606. The molecule has 0 radical (unpaired) electrons. The fraction of sp³-hybridized carbons (Fsp3) is 0.235. The SMILES string of the molecule is O=C1CCCC(c2cccs2)C1=Cc1ccccc1. The molecule has 1 aliphatic rings. The minimum atomic E-state index is 0.293. The van der Waals surface area contributed by atoms with Gasteiger partial charge in [-0.25, -0.2) is 0 Å². The summed E-state index contributed by atoms with van der Waals surface area (Å²) in [6.07, 6.45) is 4.87. The van der Waals surface area contributed by atoms with Gasteiger partial charge in [0.05, 0.1) is 0 Å². The molecular weight excluding hydrogens is 252 g/mol. The van der Waals surface area contributed by atoms with E-state index >= 15 is 0 Å². The van der Waals surface area contributed by atoms with Crippen molar-refractivity contribution < 1.29 is 4.79 Å². The van der Waals surface area contributed by atoms with Gasteiger partial charge in [-0.2, -0.15) is 0 Å². The Kier molecular flexibility index (Phi) is 3.60. The van der Waals surface area contributed by atoms with E-state index in [2.05, 4.69) is 35.7 Å². The maximum absolute atomic E-state index is 12.2. The molecule has 0 amide bonds. The van der Waals surface area contributed by atoms with Crippen LogP contribution in [0.4, 0.5) is 0 Å². The van der Waals surface area contributed by atoms with Crippen LogP contribution in [0.3, 0.4) is 0 Å². The van der Waals surface area contributed by atoms with Crippen molar-refractivity contribution in [1.29, 1.82) is 0 Å². The first-order valence-electron chi connectivity index (χ1n) is 6.68. The van der Waals surface area contributed by atoms with Crippen LogP contribution in [-0.4, -0.2) is 5.78 Å². The van der Waals surface area contributed by atoms with Crippen LogP contribution in [0.25, 0.3) is 6.08 Å². The molecule has 1 aromatic heterocycles. The molecule has 1 unspecified atom stereocenters. The lowest BCUT2D eigenvalue weighted by molar-refractivity contribution is -0.116. The van der Waals surface area contributed by atoms with E-state index in [4.69, 9.17) is 0 Å². The first-order chi connectivity index (χ1) is 9.34. The number of carbonyl (C=O) groups excluding carboxylic acids is 1. The van der Waals surface area contributed by atoms with Gasteiger partial charge in [-0.3, -0.25) is 4.79 Å². The van der Waals surface area contributed by atoms with Crippen molar-refractivity contribution in [2.45, 2.75) is 25.2 Å². The van der Waals surface area contributed by atoms with Crippen molar-refractivity contribution in [2.24, 2.45) is 0 Å². The van der Waals surface area contributed by atoms with Crippen molar-refractivity contribution in [1.82, 2.24) is 0 Å². The van der Waals surface area contributed by atoms with Gasteiger partial charge >= 0.3 is 0 Å². The highest BCUT2D eigenvalue weighted by Gasteiger charge is 2.27. The molecule has 0 bridgehead atoms. The minimum Gasteiger partial charge on any atom is -0.295 e. The molecule has 1 aliphatic carbocycles. The lowest BCUT2D eigenvalue weighted by Crippen LogP contribution is -2.16. The molecule has 2 heteroatoms. The first kappa shape index (κ1) is 12.4. The van der Waals surface area contributed by atoms with Gasteiger partial charge in [0.1, 0.15) is 0 Å². The summed E-state index contributed by atoms with van der Waals surface area (Å²) in [5, 5.41) is 2.09. The summed E-state index contributed by atoms with van der Waals surface area (Å²) >= 11 is 1.75. The largest absolute Gasteiger partial charge is 0.295 e. The highest BCUT2D eigenvalue weighted by molar-refractivity contribution is 7.10. The number of thiophene rings is 1. The van der Waals surface area contributed by atoms with E-state index in [1.54, 1.807) is 11.3 Å². The number of benzene rings is 1. The number of hydrogen-bond acceptors (Lipinski definition) is 2. The standard InChI is InChI=1S/C17H16OS/c18-16-9-4-8-14(17-10-5-11-19-17)15(16)12-13-6-2-1-3-7-13/h1-3,5-7,10-12,14H,4,8-9H2. The number of ketones is 1. The Bertz CT molecular complexity index is 581. The van der Waals surface area contributed by atoms with E-state index in [1.807, 2.05) is 18.2 Å². The van der Waals surface area contributed by atoms with Crippen molar-refractivity contribution in [3.63, 3.8) is 0 Å². The lowest BCUT2D eigenvalue weighted by Gasteiger charge is -2.23. The third-order valence-electron chi connectivity index (χ3n) is 3.60. The van der Waals surface area contributed by atoms with Gasteiger partial charge in [0.2, 0.25) is 0 Å². The molecule has 3 rings (SSSR count). The Labute approximate surface area is 117 Å².